The summed E-state index contributed by atoms with van der Waals surface area (Å²) in [7, 11) is -2.83. The van der Waals surface area contributed by atoms with Crippen molar-refractivity contribution in [1.82, 2.24) is 10.3 Å². The van der Waals surface area contributed by atoms with Gasteiger partial charge in [0.2, 0.25) is 0 Å². The number of aryl methyl sites for hydroxylation is 1. The molecule has 0 radical (unpaired) electrons. The van der Waals surface area contributed by atoms with Crippen LogP contribution >= 0.6 is 11.3 Å². The molecule has 20 heavy (non-hydrogen) atoms. The maximum absolute atomic E-state index is 11.5. The van der Waals surface area contributed by atoms with E-state index in [1.54, 1.807) is 11.3 Å². The topological polar surface area (TPSA) is 62.3 Å². The summed E-state index contributed by atoms with van der Waals surface area (Å²) in [5.74, 6) is 0.496. The zero-order valence-corrected chi connectivity index (χ0v) is 13.8. The Hall–Kier alpha value is -0.660. The van der Waals surface area contributed by atoms with Crippen LogP contribution in [0.15, 0.2) is 0 Å². The fraction of sp³-hybridized carbons (Fsp3) is 0.769. The normalized spacial score (nSPS) is 18.4. The molecule has 1 aliphatic heterocycles. The van der Waals surface area contributed by atoms with Gasteiger partial charge in [0, 0.05) is 24.5 Å². The Morgan fingerprint density at radius 1 is 1.30 bits per heavy atom. The third-order valence-corrected chi connectivity index (χ3v) is 6.17. The van der Waals surface area contributed by atoms with Crippen LogP contribution in [0.2, 0.25) is 0 Å². The van der Waals surface area contributed by atoms with Crippen LogP contribution in [-0.4, -0.2) is 44.5 Å². The molecule has 0 aliphatic carbocycles. The highest BCUT2D eigenvalue weighted by atomic mass is 32.2. The van der Waals surface area contributed by atoms with Crippen LogP contribution in [0.25, 0.3) is 0 Å². The summed E-state index contributed by atoms with van der Waals surface area (Å²) in [5.41, 5.74) is 1.17. The van der Waals surface area contributed by atoms with Gasteiger partial charge in [-0.2, -0.15) is 0 Å². The average Bonchev–Trinajstić information content (AvgIpc) is 2.80. The Labute approximate surface area is 125 Å². The number of anilines is 1. The van der Waals surface area contributed by atoms with Crippen molar-refractivity contribution in [3.05, 3.63) is 10.6 Å². The summed E-state index contributed by atoms with van der Waals surface area (Å²) in [6.07, 6.45) is 2.07. The lowest BCUT2D eigenvalue weighted by Crippen LogP contribution is -2.40. The van der Waals surface area contributed by atoms with Gasteiger partial charge in [0.05, 0.1) is 17.2 Å². The third-order valence-electron chi connectivity index (χ3n) is 3.40. The van der Waals surface area contributed by atoms with E-state index >= 15 is 0 Å². The molecule has 1 fully saturated rings. The summed E-state index contributed by atoms with van der Waals surface area (Å²) in [4.78, 5) is 8.13. The van der Waals surface area contributed by atoms with Crippen LogP contribution < -0.4 is 10.2 Å². The van der Waals surface area contributed by atoms with Crippen molar-refractivity contribution in [2.75, 3.05) is 36.0 Å². The van der Waals surface area contributed by atoms with Crippen molar-refractivity contribution >= 4 is 26.3 Å². The molecule has 1 aromatic heterocycles. The lowest BCUT2D eigenvalue weighted by Gasteiger charge is -2.25. The van der Waals surface area contributed by atoms with Crippen molar-refractivity contribution < 1.29 is 8.42 Å². The maximum atomic E-state index is 11.5. The van der Waals surface area contributed by atoms with E-state index in [0.29, 0.717) is 13.1 Å². The number of hydrogen-bond acceptors (Lipinski definition) is 6. The van der Waals surface area contributed by atoms with Crippen LogP contribution in [-0.2, 0) is 22.8 Å². The van der Waals surface area contributed by atoms with Gasteiger partial charge in [-0.05, 0) is 13.0 Å². The molecule has 0 bridgehead atoms. The van der Waals surface area contributed by atoms with E-state index in [2.05, 4.69) is 24.1 Å². The summed E-state index contributed by atoms with van der Waals surface area (Å²) < 4.78 is 23.0. The zero-order chi connectivity index (χ0) is 14.6. The van der Waals surface area contributed by atoms with E-state index in [9.17, 15) is 8.42 Å². The first-order valence-electron chi connectivity index (χ1n) is 7.20. The maximum Gasteiger partial charge on any atom is 0.185 e. The highest BCUT2D eigenvalue weighted by Crippen LogP contribution is 2.28. The standard InChI is InChI=1S/C13H23N3O2S2/c1-3-5-11-12(10-14-4-2)19-13(15-11)16-6-8-20(17,18)9-7-16/h14H,3-10H2,1-2H3. The van der Waals surface area contributed by atoms with Crippen molar-refractivity contribution in [3.63, 3.8) is 0 Å². The first-order valence-corrected chi connectivity index (χ1v) is 9.84. The Morgan fingerprint density at radius 2 is 2.00 bits per heavy atom. The smallest absolute Gasteiger partial charge is 0.185 e. The van der Waals surface area contributed by atoms with Gasteiger partial charge in [-0.25, -0.2) is 13.4 Å². The highest BCUT2D eigenvalue weighted by molar-refractivity contribution is 7.91. The molecule has 0 unspecified atom stereocenters. The molecular formula is C13H23N3O2S2. The van der Waals surface area contributed by atoms with Gasteiger partial charge in [-0.3, -0.25) is 0 Å². The minimum Gasteiger partial charge on any atom is -0.346 e. The zero-order valence-electron chi connectivity index (χ0n) is 12.2. The second kappa shape index (κ2) is 6.87. The Kier molecular flexibility index (Phi) is 5.40. The van der Waals surface area contributed by atoms with Crippen molar-refractivity contribution in [2.24, 2.45) is 0 Å². The van der Waals surface area contributed by atoms with Gasteiger partial charge in [0.25, 0.3) is 0 Å². The van der Waals surface area contributed by atoms with Gasteiger partial charge in [0.15, 0.2) is 15.0 Å². The predicted octanol–water partition coefficient (Wildman–Crippen LogP) is 1.44. The number of sulfone groups is 1. The van der Waals surface area contributed by atoms with E-state index in [-0.39, 0.29) is 11.5 Å². The molecule has 114 valence electrons. The predicted molar refractivity (Wildman–Crippen MR) is 84.4 cm³/mol. The van der Waals surface area contributed by atoms with E-state index in [1.165, 1.54) is 10.6 Å². The summed E-state index contributed by atoms with van der Waals surface area (Å²) in [6, 6.07) is 0. The van der Waals surface area contributed by atoms with E-state index in [0.717, 1.165) is 31.1 Å². The monoisotopic (exact) mass is 317 g/mol. The second-order valence-electron chi connectivity index (χ2n) is 5.04. The first-order chi connectivity index (χ1) is 9.55. The quantitative estimate of drug-likeness (QED) is 0.860. The summed E-state index contributed by atoms with van der Waals surface area (Å²) >= 11 is 1.70. The van der Waals surface area contributed by atoms with Gasteiger partial charge in [0.1, 0.15) is 0 Å². The van der Waals surface area contributed by atoms with Crippen LogP contribution in [0.1, 0.15) is 30.8 Å². The van der Waals surface area contributed by atoms with Crippen LogP contribution in [0, 0.1) is 0 Å². The van der Waals surface area contributed by atoms with Crippen LogP contribution in [0.4, 0.5) is 5.13 Å². The molecule has 7 heteroatoms. The average molecular weight is 317 g/mol. The molecule has 1 aliphatic rings. The minimum absolute atomic E-state index is 0.248. The van der Waals surface area contributed by atoms with Crippen molar-refractivity contribution in [1.29, 1.82) is 0 Å². The molecule has 0 amide bonds. The van der Waals surface area contributed by atoms with Crippen LogP contribution in [0.5, 0.6) is 0 Å². The minimum atomic E-state index is -2.83. The van der Waals surface area contributed by atoms with Gasteiger partial charge in [-0.1, -0.05) is 20.3 Å². The molecule has 0 spiro atoms. The fourth-order valence-corrected chi connectivity index (χ4v) is 4.55. The van der Waals surface area contributed by atoms with Gasteiger partial charge < -0.3 is 10.2 Å². The van der Waals surface area contributed by atoms with Crippen LogP contribution in [0.3, 0.4) is 0 Å². The first kappa shape index (κ1) is 15.7. The highest BCUT2D eigenvalue weighted by Gasteiger charge is 2.24. The summed E-state index contributed by atoms with van der Waals surface area (Å²) in [6.45, 7) is 7.20. The molecule has 0 saturated carbocycles. The molecule has 2 rings (SSSR count). The van der Waals surface area contributed by atoms with E-state index in [4.69, 9.17) is 4.98 Å². The van der Waals surface area contributed by atoms with Gasteiger partial charge >= 0.3 is 0 Å². The molecular weight excluding hydrogens is 294 g/mol. The lowest BCUT2D eigenvalue weighted by atomic mass is 10.2. The molecule has 2 heterocycles. The van der Waals surface area contributed by atoms with Crippen molar-refractivity contribution in [3.8, 4) is 0 Å². The summed E-state index contributed by atoms with van der Waals surface area (Å²) in [5, 5.41) is 4.33. The number of hydrogen-bond donors (Lipinski definition) is 1. The largest absolute Gasteiger partial charge is 0.346 e. The molecule has 1 saturated heterocycles. The second-order valence-corrected chi connectivity index (χ2v) is 8.40. The molecule has 5 nitrogen and oxygen atoms in total. The fourth-order valence-electron chi connectivity index (χ4n) is 2.22. The number of nitrogens with zero attached hydrogens (tertiary/aromatic N) is 2. The molecule has 1 aromatic rings. The van der Waals surface area contributed by atoms with E-state index in [1.807, 2.05) is 0 Å². The number of thiazole rings is 1. The SMILES string of the molecule is CCCc1nc(N2CCS(=O)(=O)CC2)sc1CNCC. The Bertz CT molecular complexity index is 526. The third kappa shape index (κ3) is 3.93. The lowest BCUT2D eigenvalue weighted by molar-refractivity contribution is 0.586. The molecule has 0 aromatic carbocycles. The number of nitrogens with one attached hydrogen (secondary N) is 1. The van der Waals surface area contributed by atoms with E-state index < -0.39 is 9.84 Å². The number of aromatic nitrogens is 1. The van der Waals surface area contributed by atoms with Crippen molar-refractivity contribution in [2.45, 2.75) is 33.2 Å². The molecule has 0 atom stereocenters. The number of rotatable bonds is 6. The molecule has 1 N–H and O–H groups in total. The Balaban J connectivity index is 2.11. The van der Waals surface area contributed by atoms with Gasteiger partial charge in [-0.15, -0.1) is 11.3 Å². The Morgan fingerprint density at radius 3 is 2.60 bits per heavy atom.